The number of carbonyl (C=O) groups excluding carboxylic acids is 1. The molecule has 2 rings (SSSR count). The van der Waals surface area contributed by atoms with E-state index in [0.29, 0.717) is 18.8 Å². The van der Waals surface area contributed by atoms with Gasteiger partial charge in [-0.15, -0.1) is 0 Å². The number of hydrogen-bond acceptors (Lipinski definition) is 3. The first-order valence-electron chi connectivity index (χ1n) is 8.32. The van der Waals surface area contributed by atoms with Crippen LogP contribution in [0.2, 0.25) is 0 Å². The zero-order valence-electron chi connectivity index (χ0n) is 14.3. The fraction of sp³-hybridized carbons (Fsp3) is 0.611. The van der Waals surface area contributed by atoms with Crippen LogP contribution in [0, 0.1) is 11.7 Å². The monoisotopic (exact) mass is 322 g/mol. The van der Waals surface area contributed by atoms with Crippen molar-refractivity contribution in [2.24, 2.45) is 5.92 Å². The number of carbonyl (C=O) groups is 1. The molecule has 1 amide bonds. The van der Waals surface area contributed by atoms with Gasteiger partial charge in [0, 0.05) is 39.1 Å². The Morgan fingerprint density at radius 1 is 1.26 bits per heavy atom. The molecule has 1 fully saturated rings. The van der Waals surface area contributed by atoms with Crippen LogP contribution in [0.1, 0.15) is 25.8 Å². The van der Waals surface area contributed by atoms with E-state index in [4.69, 9.17) is 4.74 Å². The first kappa shape index (κ1) is 17.7. The molecule has 0 aromatic heterocycles. The Bertz CT molecular complexity index is 526. The molecule has 0 bridgehead atoms. The van der Waals surface area contributed by atoms with Crippen LogP contribution in [0.5, 0.6) is 5.75 Å². The number of benzene rings is 1. The smallest absolute Gasteiger partial charge is 0.222 e. The molecule has 1 heterocycles. The summed E-state index contributed by atoms with van der Waals surface area (Å²) < 4.78 is 18.6. The standard InChI is InChI=1S/C18H27FN2O2/c1-14(2)13-20-8-10-21(11-9-20)18(22)7-5-15-4-6-17(23-3)16(19)12-15/h4,6,12,14H,5,7-11,13H2,1-3H3. The molecule has 0 unspecified atom stereocenters. The summed E-state index contributed by atoms with van der Waals surface area (Å²) in [6, 6.07) is 4.88. The van der Waals surface area contributed by atoms with Crippen LogP contribution in [0.15, 0.2) is 18.2 Å². The highest BCUT2D eigenvalue weighted by Gasteiger charge is 2.21. The predicted octanol–water partition coefficient (Wildman–Crippen LogP) is 2.57. The van der Waals surface area contributed by atoms with E-state index in [-0.39, 0.29) is 17.5 Å². The summed E-state index contributed by atoms with van der Waals surface area (Å²) in [5, 5.41) is 0. The van der Waals surface area contributed by atoms with Crippen molar-refractivity contribution < 1.29 is 13.9 Å². The van der Waals surface area contributed by atoms with Gasteiger partial charge in [-0.2, -0.15) is 0 Å². The highest BCUT2D eigenvalue weighted by atomic mass is 19.1. The maximum absolute atomic E-state index is 13.7. The molecule has 1 aromatic carbocycles. The summed E-state index contributed by atoms with van der Waals surface area (Å²) in [7, 11) is 1.44. The zero-order valence-corrected chi connectivity index (χ0v) is 14.3. The summed E-state index contributed by atoms with van der Waals surface area (Å²) in [6.07, 6.45) is 0.988. The molecule has 5 heteroatoms. The third-order valence-corrected chi connectivity index (χ3v) is 4.19. The van der Waals surface area contributed by atoms with Crippen molar-refractivity contribution in [2.75, 3.05) is 39.8 Å². The van der Waals surface area contributed by atoms with Gasteiger partial charge < -0.3 is 9.64 Å². The van der Waals surface area contributed by atoms with Crippen molar-refractivity contribution in [3.05, 3.63) is 29.6 Å². The van der Waals surface area contributed by atoms with E-state index < -0.39 is 0 Å². The molecule has 0 N–H and O–H groups in total. The highest BCUT2D eigenvalue weighted by Crippen LogP contribution is 2.19. The van der Waals surface area contributed by atoms with E-state index in [0.717, 1.165) is 38.3 Å². The van der Waals surface area contributed by atoms with Crippen LogP contribution in [-0.2, 0) is 11.2 Å². The quantitative estimate of drug-likeness (QED) is 0.807. The molecule has 1 aliphatic rings. The molecule has 0 atom stereocenters. The fourth-order valence-corrected chi connectivity index (χ4v) is 2.97. The van der Waals surface area contributed by atoms with Gasteiger partial charge in [-0.1, -0.05) is 19.9 Å². The number of aryl methyl sites for hydroxylation is 1. The number of hydrogen-bond donors (Lipinski definition) is 0. The molecule has 0 aliphatic carbocycles. The second kappa shape index (κ2) is 8.29. The Morgan fingerprint density at radius 3 is 2.52 bits per heavy atom. The van der Waals surface area contributed by atoms with Crippen molar-refractivity contribution in [1.82, 2.24) is 9.80 Å². The summed E-state index contributed by atoms with van der Waals surface area (Å²) in [6.45, 7) is 9.00. The first-order chi connectivity index (χ1) is 11.0. The lowest BCUT2D eigenvalue weighted by molar-refractivity contribution is -0.132. The van der Waals surface area contributed by atoms with Crippen LogP contribution < -0.4 is 4.74 Å². The van der Waals surface area contributed by atoms with Crippen LogP contribution >= 0.6 is 0 Å². The summed E-state index contributed by atoms with van der Waals surface area (Å²) in [5.74, 6) is 0.675. The summed E-state index contributed by atoms with van der Waals surface area (Å²) in [4.78, 5) is 16.6. The SMILES string of the molecule is COc1ccc(CCC(=O)N2CCN(CC(C)C)CC2)cc1F. The number of ether oxygens (including phenoxy) is 1. The first-order valence-corrected chi connectivity index (χ1v) is 8.32. The largest absolute Gasteiger partial charge is 0.494 e. The molecule has 128 valence electrons. The normalized spacial score (nSPS) is 16.0. The predicted molar refractivity (Wildman–Crippen MR) is 89.1 cm³/mol. The van der Waals surface area contributed by atoms with E-state index in [1.807, 2.05) is 11.0 Å². The molecule has 4 nitrogen and oxygen atoms in total. The number of nitrogens with zero attached hydrogens (tertiary/aromatic N) is 2. The number of piperazine rings is 1. The number of methoxy groups -OCH3 is 1. The van der Waals surface area contributed by atoms with Gasteiger partial charge in [0.05, 0.1) is 7.11 Å². The fourth-order valence-electron chi connectivity index (χ4n) is 2.97. The van der Waals surface area contributed by atoms with Gasteiger partial charge in [0.2, 0.25) is 5.91 Å². The lowest BCUT2D eigenvalue weighted by Crippen LogP contribution is -2.49. The molecular weight excluding hydrogens is 295 g/mol. The average Bonchev–Trinajstić information content (AvgIpc) is 2.53. The van der Waals surface area contributed by atoms with E-state index in [1.165, 1.54) is 13.2 Å². The van der Waals surface area contributed by atoms with Crippen molar-refractivity contribution in [3.8, 4) is 5.75 Å². The van der Waals surface area contributed by atoms with Gasteiger partial charge in [0.1, 0.15) is 0 Å². The molecular formula is C18H27FN2O2. The number of rotatable bonds is 6. The minimum atomic E-state index is -0.375. The third kappa shape index (κ3) is 5.20. The molecule has 1 aliphatic heterocycles. The second-order valence-electron chi connectivity index (χ2n) is 6.54. The topological polar surface area (TPSA) is 32.8 Å². The highest BCUT2D eigenvalue weighted by molar-refractivity contribution is 5.76. The van der Waals surface area contributed by atoms with Crippen molar-refractivity contribution >= 4 is 5.91 Å². The molecule has 23 heavy (non-hydrogen) atoms. The van der Waals surface area contributed by atoms with Crippen LogP contribution in [0.4, 0.5) is 4.39 Å². The van der Waals surface area contributed by atoms with Gasteiger partial charge in [0.25, 0.3) is 0 Å². The Labute approximate surface area is 138 Å². The summed E-state index contributed by atoms with van der Waals surface area (Å²) >= 11 is 0. The zero-order chi connectivity index (χ0) is 16.8. The Morgan fingerprint density at radius 2 is 1.96 bits per heavy atom. The van der Waals surface area contributed by atoms with E-state index in [1.54, 1.807) is 6.07 Å². The summed E-state index contributed by atoms with van der Waals surface area (Å²) in [5.41, 5.74) is 0.829. The van der Waals surface area contributed by atoms with Gasteiger partial charge in [0.15, 0.2) is 11.6 Å². The van der Waals surface area contributed by atoms with E-state index in [2.05, 4.69) is 18.7 Å². The Kier molecular flexibility index (Phi) is 6.39. The van der Waals surface area contributed by atoms with Crippen LogP contribution in [-0.4, -0.2) is 55.5 Å². The molecule has 0 spiro atoms. The molecule has 1 saturated heterocycles. The number of halogens is 1. The van der Waals surface area contributed by atoms with Gasteiger partial charge in [-0.25, -0.2) is 4.39 Å². The van der Waals surface area contributed by atoms with Crippen molar-refractivity contribution in [3.63, 3.8) is 0 Å². The van der Waals surface area contributed by atoms with Gasteiger partial charge in [-0.3, -0.25) is 9.69 Å². The van der Waals surface area contributed by atoms with E-state index >= 15 is 0 Å². The Balaban J connectivity index is 1.78. The minimum absolute atomic E-state index is 0.158. The average molecular weight is 322 g/mol. The minimum Gasteiger partial charge on any atom is -0.494 e. The third-order valence-electron chi connectivity index (χ3n) is 4.19. The lowest BCUT2D eigenvalue weighted by atomic mass is 10.1. The number of amides is 1. The molecule has 1 aromatic rings. The Hall–Kier alpha value is -1.62. The molecule has 0 radical (unpaired) electrons. The van der Waals surface area contributed by atoms with Gasteiger partial charge >= 0.3 is 0 Å². The van der Waals surface area contributed by atoms with Crippen LogP contribution in [0.25, 0.3) is 0 Å². The lowest BCUT2D eigenvalue weighted by Gasteiger charge is -2.35. The van der Waals surface area contributed by atoms with E-state index in [9.17, 15) is 9.18 Å². The van der Waals surface area contributed by atoms with Crippen molar-refractivity contribution in [1.29, 1.82) is 0 Å². The maximum atomic E-state index is 13.7. The van der Waals surface area contributed by atoms with Crippen LogP contribution in [0.3, 0.4) is 0 Å². The van der Waals surface area contributed by atoms with Crippen molar-refractivity contribution in [2.45, 2.75) is 26.7 Å². The second-order valence-corrected chi connectivity index (χ2v) is 6.54. The molecule has 0 saturated carbocycles. The van der Waals surface area contributed by atoms with Gasteiger partial charge in [-0.05, 0) is 30.0 Å². The maximum Gasteiger partial charge on any atom is 0.222 e.